The highest BCUT2D eigenvalue weighted by Gasteiger charge is 2.09. The summed E-state index contributed by atoms with van der Waals surface area (Å²) >= 11 is 1.83. The predicted octanol–water partition coefficient (Wildman–Crippen LogP) is 4.19. The number of oxazole rings is 1. The first kappa shape index (κ1) is 20.1. The van der Waals surface area contributed by atoms with E-state index >= 15 is 0 Å². The van der Waals surface area contributed by atoms with Crippen LogP contribution in [0.2, 0.25) is 0 Å². The monoisotopic (exact) mass is 400 g/mol. The molecule has 0 amide bonds. The quantitative estimate of drug-likeness (QED) is 0.461. The Bertz CT molecular complexity index is 917. The fraction of sp³-hybridized carbons (Fsp3) is 0.333. The lowest BCUT2D eigenvalue weighted by molar-refractivity contribution is 0.571. The minimum Gasteiger partial charge on any atom is -0.444 e. The zero-order valence-electron chi connectivity index (χ0n) is 16.3. The summed E-state index contributed by atoms with van der Waals surface area (Å²) in [5, 5.41) is 6.72. The molecule has 7 heteroatoms. The van der Waals surface area contributed by atoms with Crippen molar-refractivity contribution in [2.75, 3.05) is 13.6 Å². The second-order valence-corrected chi connectivity index (χ2v) is 8.03. The molecule has 2 heterocycles. The van der Waals surface area contributed by atoms with Gasteiger partial charge in [0.15, 0.2) is 5.96 Å². The molecule has 148 valence electrons. The summed E-state index contributed by atoms with van der Waals surface area (Å²) in [6.07, 6.45) is 3.30. The van der Waals surface area contributed by atoms with Crippen LogP contribution in [0.5, 0.6) is 0 Å². The minimum atomic E-state index is -0.276. The molecular weight excluding hydrogens is 375 g/mol. The molecule has 3 aromatic rings. The van der Waals surface area contributed by atoms with Gasteiger partial charge >= 0.3 is 0 Å². The van der Waals surface area contributed by atoms with Gasteiger partial charge in [0.1, 0.15) is 12.1 Å². The third-order valence-electron chi connectivity index (χ3n) is 4.23. The molecule has 0 radical (unpaired) electrons. The number of halogens is 1. The first-order valence-electron chi connectivity index (χ1n) is 9.26. The van der Waals surface area contributed by atoms with Crippen molar-refractivity contribution in [3.63, 3.8) is 0 Å². The van der Waals surface area contributed by atoms with Crippen molar-refractivity contribution in [1.82, 2.24) is 15.6 Å². The van der Waals surface area contributed by atoms with E-state index in [9.17, 15) is 4.39 Å². The third kappa shape index (κ3) is 5.66. The van der Waals surface area contributed by atoms with Crippen molar-refractivity contribution in [2.24, 2.45) is 4.99 Å². The van der Waals surface area contributed by atoms with E-state index < -0.39 is 0 Å². The van der Waals surface area contributed by atoms with Crippen LogP contribution in [0.3, 0.4) is 0 Å². The van der Waals surface area contributed by atoms with Gasteiger partial charge in [-0.1, -0.05) is 0 Å². The van der Waals surface area contributed by atoms with Gasteiger partial charge < -0.3 is 15.1 Å². The Morgan fingerprint density at radius 2 is 2.04 bits per heavy atom. The Hall–Kier alpha value is -2.67. The lowest BCUT2D eigenvalue weighted by Gasteiger charge is -2.17. The average Bonchev–Trinajstić information content (AvgIpc) is 3.30. The topological polar surface area (TPSA) is 62.5 Å². The maximum absolute atomic E-state index is 13.0. The Balaban J connectivity index is 1.46. The van der Waals surface area contributed by atoms with Gasteiger partial charge in [-0.25, -0.2) is 9.37 Å². The highest BCUT2D eigenvalue weighted by atomic mass is 32.1. The van der Waals surface area contributed by atoms with E-state index in [1.165, 1.54) is 21.9 Å². The Kier molecular flexibility index (Phi) is 6.81. The number of rotatable bonds is 7. The van der Waals surface area contributed by atoms with Gasteiger partial charge in [0, 0.05) is 47.8 Å². The van der Waals surface area contributed by atoms with Crippen LogP contribution in [0.15, 0.2) is 52.1 Å². The van der Waals surface area contributed by atoms with Crippen LogP contribution in [0.1, 0.15) is 22.4 Å². The molecule has 0 aliphatic carbocycles. The first-order chi connectivity index (χ1) is 13.5. The maximum atomic E-state index is 13.0. The number of nitrogens with zero attached hydrogens (tertiary/aromatic N) is 2. The zero-order valence-corrected chi connectivity index (χ0v) is 17.1. The van der Waals surface area contributed by atoms with Crippen molar-refractivity contribution in [3.05, 3.63) is 63.9 Å². The maximum Gasteiger partial charge on any atom is 0.226 e. The molecule has 0 bridgehead atoms. The highest BCUT2D eigenvalue weighted by Crippen LogP contribution is 2.19. The van der Waals surface area contributed by atoms with E-state index in [2.05, 4.69) is 46.6 Å². The molecule has 1 aromatic carbocycles. The van der Waals surface area contributed by atoms with Crippen molar-refractivity contribution in [1.29, 1.82) is 0 Å². The molecule has 0 saturated heterocycles. The summed E-state index contributed by atoms with van der Waals surface area (Å²) in [6, 6.07) is 10.7. The van der Waals surface area contributed by atoms with Crippen LogP contribution in [-0.2, 0) is 12.8 Å². The van der Waals surface area contributed by atoms with E-state index in [1.54, 1.807) is 25.4 Å². The molecule has 2 N–H and O–H groups in total. The number of benzene rings is 1. The van der Waals surface area contributed by atoms with Gasteiger partial charge in [-0.3, -0.25) is 4.99 Å². The second kappa shape index (κ2) is 9.50. The number of hydrogen-bond acceptors (Lipinski definition) is 4. The van der Waals surface area contributed by atoms with Gasteiger partial charge in [0.05, 0.1) is 5.69 Å². The number of aryl methyl sites for hydroxylation is 1. The SMILES string of the molecule is CN=C(NCCc1coc(-c2ccc(F)cc2)n1)NC(C)Cc1ccc(C)s1. The van der Waals surface area contributed by atoms with Crippen LogP contribution in [0.4, 0.5) is 4.39 Å². The zero-order chi connectivity index (χ0) is 19.9. The van der Waals surface area contributed by atoms with Crippen LogP contribution in [0, 0.1) is 12.7 Å². The standard InChI is InChI=1S/C21H25FN4OS/c1-14(12-19-9-4-15(2)28-19)25-21(23-3)24-11-10-18-13-27-20(26-18)16-5-7-17(22)8-6-16/h4-9,13-14H,10-12H2,1-3H3,(H2,23,24,25). The summed E-state index contributed by atoms with van der Waals surface area (Å²) in [6.45, 7) is 4.95. The van der Waals surface area contributed by atoms with Crippen LogP contribution in [0.25, 0.3) is 11.5 Å². The molecule has 0 fully saturated rings. The summed E-state index contributed by atoms with van der Waals surface area (Å²) in [5.41, 5.74) is 1.60. The number of nitrogens with one attached hydrogen (secondary N) is 2. The van der Waals surface area contributed by atoms with E-state index in [-0.39, 0.29) is 11.9 Å². The summed E-state index contributed by atoms with van der Waals surface area (Å²) in [7, 11) is 1.76. The van der Waals surface area contributed by atoms with Crippen molar-refractivity contribution in [2.45, 2.75) is 32.7 Å². The van der Waals surface area contributed by atoms with E-state index in [0.717, 1.165) is 23.6 Å². The molecule has 0 saturated carbocycles. The molecule has 1 atom stereocenters. The number of guanidine groups is 1. The average molecular weight is 401 g/mol. The molecule has 2 aromatic heterocycles. The molecule has 0 spiro atoms. The first-order valence-corrected chi connectivity index (χ1v) is 10.1. The number of hydrogen-bond donors (Lipinski definition) is 2. The Labute approximate surface area is 168 Å². The molecule has 28 heavy (non-hydrogen) atoms. The molecule has 0 aliphatic heterocycles. The Morgan fingerprint density at radius 1 is 1.25 bits per heavy atom. The second-order valence-electron chi connectivity index (χ2n) is 6.66. The lowest BCUT2D eigenvalue weighted by Crippen LogP contribution is -2.43. The summed E-state index contributed by atoms with van der Waals surface area (Å²) in [4.78, 5) is 11.4. The molecular formula is C21H25FN4OS. The van der Waals surface area contributed by atoms with Gasteiger partial charge in [0.2, 0.25) is 5.89 Å². The van der Waals surface area contributed by atoms with Gasteiger partial charge in [-0.15, -0.1) is 11.3 Å². The fourth-order valence-electron chi connectivity index (χ4n) is 2.83. The summed E-state index contributed by atoms with van der Waals surface area (Å²) < 4.78 is 18.5. The normalized spacial score (nSPS) is 12.8. The predicted molar refractivity (Wildman–Crippen MR) is 112 cm³/mol. The number of aliphatic imine (C=N–C) groups is 1. The molecule has 3 rings (SSSR count). The van der Waals surface area contributed by atoms with Crippen LogP contribution >= 0.6 is 11.3 Å². The summed E-state index contributed by atoms with van der Waals surface area (Å²) in [5.74, 6) is 0.988. The number of aromatic nitrogens is 1. The van der Waals surface area contributed by atoms with Crippen LogP contribution in [-0.4, -0.2) is 30.6 Å². The van der Waals surface area contributed by atoms with Gasteiger partial charge in [-0.05, 0) is 50.2 Å². The third-order valence-corrected chi connectivity index (χ3v) is 5.25. The van der Waals surface area contributed by atoms with E-state index in [4.69, 9.17) is 4.42 Å². The van der Waals surface area contributed by atoms with Crippen molar-refractivity contribution >= 4 is 17.3 Å². The minimum absolute atomic E-state index is 0.276. The largest absolute Gasteiger partial charge is 0.444 e. The van der Waals surface area contributed by atoms with Crippen LogP contribution < -0.4 is 10.6 Å². The van der Waals surface area contributed by atoms with Crippen molar-refractivity contribution in [3.8, 4) is 11.5 Å². The molecule has 0 aliphatic rings. The molecule has 1 unspecified atom stereocenters. The number of thiophene rings is 1. The van der Waals surface area contributed by atoms with Gasteiger partial charge in [-0.2, -0.15) is 0 Å². The fourth-order valence-corrected chi connectivity index (χ4v) is 3.85. The van der Waals surface area contributed by atoms with E-state index in [1.807, 2.05) is 11.3 Å². The Morgan fingerprint density at radius 3 is 2.71 bits per heavy atom. The van der Waals surface area contributed by atoms with Crippen molar-refractivity contribution < 1.29 is 8.81 Å². The van der Waals surface area contributed by atoms with E-state index in [0.29, 0.717) is 18.9 Å². The molecule has 5 nitrogen and oxygen atoms in total. The van der Waals surface area contributed by atoms with Gasteiger partial charge in [0.25, 0.3) is 0 Å². The lowest BCUT2D eigenvalue weighted by atomic mass is 10.2. The smallest absolute Gasteiger partial charge is 0.226 e. The highest BCUT2D eigenvalue weighted by molar-refractivity contribution is 7.11.